The molecular formula is C23H26N8O3. The molecule has 1 N–H and O–H groups in total. The summed E-state index contributed by atoms with van der Waals surface area (Å²) >= 11 is 0. The quantitative estimate of drug-likeness (QED) is 0.295. The lowest BCUT2D eigenvalue weighted by molar-refractivity contribution is -0.384. The van der Waals surface area contributed by atoms with Crippen LogP contribution in [0.3, 0.4) is 0 Å². The van der Waals surface area contributed by atoms with E-state index in [2.05, 4.69) is 20.4 Å². The predicted molar refractivity (Wildman–Crippen MR) is 131 cm³/mol. The molecule has 0 aliphatic heterocycles. The minimum atomic E-state index is -0.404. The second-order valence-corrected chi connectivity index (χ2v) is 8.00. The van der Waals surface area contributed by atoms with Gasteiger partial charge in [-0.15, -0.1) is 0 Å². The van der Waals surface area contributed by atoms with Crippen LogP contribution in [0.2, 0.25) is 0 Å². The molecule has 11 nitrogen and oxygen atoms in total. The van der Waals surface area contributed by atoms with Gasteiger partial charge in [0.2, 0.25) is 5.95 Å². The van der Waals surface area contributed by atoms with Crippen LogP contribution in [0.1, 0.15) is 0 Å². The smallest absolute Gasteiger partial charge is 0.294 e. The molecule has 0 radical (unpaired) electrons. The Morgan fingerprint density at radius 1 is 1.15 bits per heavy atom. The molecule has 4 aromatic rings. The summed E-state index contributed by atoms with van der Waals surface area (Å²) < 4.78 is 7.25. The van der Waals surface area contributed by atoms with E-state index in [1.807, 2.05) is 55.2 Å². The number of benzene rings is 2. The normalized spacial score (nSPS) is 11.1. The number of ether oxygens (including phenoxy) is 1. The van der Waals surface area contributed by atoms with Gasteiger partial charge < -0.3 is 19.9 Å². The number of rotatable bonds is 9. The molecule has 0 saturated carbocycles. The fourth-order valence-corrected chi connectivity index (χ4v) is 3.55. The van der Waals surface area contributed by atoms with Crippen LogP contribution in [0.4, 0.5) is 23.0 Å². The predicted octanol–water partition coefficient (Wildman–Crippen LogP) is 3.47. The minimum absolute atomic E-state index is 0.0428. The van der Waals surface area contributed by atoms with Gasteiger partial charge >= 0.3 is 0 Å². The molecule has 0 bridgehead atoms. The van der Waals surface area contributed by atoms with Crippen molar-refractivity contribution < 1.29 is 9.66 Å². The van der Waals surface area contributed by atoms with E-state index in [0.29, 0.717) is 29.5 Å². The molecule has 0 amide bonds. The molecule has 4 rings (SSSR count). The molecule has 0 saturated heterocycles. The van der Waals surface area contributed by atoms with Crippen LogP contribution in [0.5, 0.6) is 5.75 Å². The first-order valence-electron chi connectivity index (χ1n) is 10.6. The number of nitro benzene ring substituents is 1. The number of fused-ring (bicyclic) bond motifs is 1. The van der Waals surface area contributed by atoms with Gasteiger partial charge in [0.15, 0.2) is 5.82 Å². The molecule has 34 heavy (non-hydrogen) atoms. The second-order valence-electron chi connectivity index (χ2n) is 8.00. The van der Waals surface area contributed by atoms with E-state index in [-0.39, 0.29) is 11.6 Å². The van der Waals surface area contributed by atoms with E-state index in [4.69, 9.17) is 4.74 Å². The van der Waals surface area contributed by atoms with E-state index in [9.17, 15) is 10.1 Å². The monoisotopic (exact) mass is 462 g/mol. The van der Waals surface area contributed by atoms with Gasteiger partial charge in [-0.2, -0.15) is 10.1 Å². The highest BCUT2D eigenvalue weighted by atomic mass is 16.6. The van der Waals surface area contributed by atoms with Crippen molar-refractivity contribution in [3.05, 3.63) is 65.0 Å². The number of nitrogens with zero attached hydrogens (tertiary/aromatic N) is 7. The average Bonchev–Trinajstić information content (AvgIpc) is 3.26. The zero-order chi connectivity index (χ0) is 24.2. The van der Waals surface area contributed by atoms with Crippen LogP contribution < -0.4 is 15.0 Å². The Bertz CT molecular complexity index is 1320. The lowest BCUT2D eigenvalue weighted by Crippen LogP contribution is -2.28. The molecule has 0 fully saturated rings. The number of nitrogens with one attached hydrogen (secondary N) is 1. The highest BCUT2D eigenvalue weighted by molar-refractivity contribution is 5.80. The van der Waals surface area contributed by atoms with Gasteiger partial charge in [-0.25, -0.2) is 9.67 Å². The van der Waals surface area contributed by atoms with Gasteiger partial charge in [-0.3, -0.25) is 10.1 Å². The molecule has 0 atom stereocenters. The summed E-state index contributed by atoms with van der Waals surface area (Å²) in [6.45, 7) is 1.37. The number of methoxy groups -OCH3 is 1. The van der Waals surface area contributed by atoms with E-state index in [1.54, 1.807) is 29.2 Å². The number of para-hydroxylation sites is 1. The van der Waals surface area contributed by atoms with E-state index in [1.165, 1.54) is 13.2 Å². The maximum atomic E-state index is 11.9. The molecule has 0 aliphatic carbocycles. The van der Waals surface area contributed by atoms with Crippen molar-refractivity contribution in [1.29, 1.82) is 0 Å². The zero-order valence-electron chi connectivity index (χ0n) is 19.5. The minimum Gasteiger partial charge on any atom is -0.494 e. The third-order valence-corrected chi connectivity index (χ3v) is 5.37. The lowest BCUT2D eigenvalue weighted by atomic mass is 10.2. The SMILES string of the molecule is COc1cc(N(C)CCN(C)C)c([N+](=O)[O-])cc1Nc1nccc(-n2ncc3ccccc32)n1. The summed E-state index contributed by atoms with van der Waals surface area (Å²) in [5.74, 6) is 1.27. The van der Waals surface area contributed by atoms with E-state index in [0.717, 1.165) is 17.4 Å². The summed E-state index contributed by atoms with van der Waals surface area (Å²) in [6, 6.07) is 12.6. The van der Waals surface area contributed by atoms with E-state index < -0.39 is 4.92 Å². The highest BCUT2D eigenvalue weighted by Crippen LogP contribution is 2.38. The summed E-state index contributed by atoms with van der Waals surface area (Å²) in [4.78, 5) is 24.1. The molecule has 0 aliphatic rings. The van der Waals surface area contributed by atoms with Gasteiger partial charge in [0.1, 0.15) is 11.4 Å². The highest BCUT2D eigenvalue weighted by Gasteiger charge is 2.22. The van der Waals surface area contributed by atoms with Crippen LogP contribution in [0, 0.1) is 10.1 Å². The topological polar surface area (TPSA) is 114 Å². The van der Waals surface area contributed by atoms with E-state index >= 15 is 0 Å². The molecule has 2 aromatic heterocycles. The van der Waals surface area contributed by atoms with Crippen molar-refractivity contribution >= 4 is 33.9 Å². The maximum Gasteiger partial charge on any atom is 0.294 e. The Kier molecular flexibility index (Phi) is 6.55. The number of likely N-dealkylation sites (N-methyl/N-ethyl adjacent to an activating group) is 2. The third-order valence-electron chi connectivity index (χ3n) is 5.37. The summed E-state index contributed by atoms with van der Waals surface area (Å²) in [7, 11) is 7.24. The molecule has 11 heteroatoms. The van der Waals surface area contributed by atoms with Gasteiger partial charge in [0.05, 0.1) is 29.4 Å². The first-order valence-corrected chi connectivity index (χ1v) is 10.6. The van der Waals surface area contributed by atoms with Crippen molar-refractivity contribution in [1.82, 2.24) is 24.6 Å². The summed E-state index contributed by atoms with van der Waals surface area (Å²) in [5.41, 5.74) is 1.72. The van der Waals surface area contributed by atoms with Crippen molar-refractivity contribution in [3.63, 3.8) is 0 Å². The Labute approximate surface area is 196 Å². The molecular weight excluding hydrogens is 436 g/mol. The van der Waals surface area contributed by atoms with Gasteiger partial charge in [0, 0.05) is 49.9 Å². The Hall–Kier alpha value is -4.25. The van der Waals surface area contributed by atoms with Crippen LogP contribution in [0.25, 0.3) is 16.7 Å². The maximum absolute atomic E-state index is 11.9. The number of hydrogen-bond acceptors (Lipinski definition) is 9. The lowest BCUT2D eigenvalue weighted by Gasteiger charge is -2.22. The van der Waals surface area contributed by atoms with Crippen LogP contribution in [-0.4, -0.2) is 70.9 Å². The largest absolute Gasteiger partial charge is 0.494 e. The van der Waals surface area contributed by atoms with Crippen molar-refractivity contribution in [2.75, 3.05) is 51.6 Å². The summed E-state index contributed by atoms with van der Waals surface area (Å²) in [6.07, 6.45) is 3.37. The van der Waals surface area contributed by atoms with Crippen LogP contribution >= 0.6 is 0 Å². The van der Waals surface area contributed by atoms with Crippen molar-refractivity contribution in [2.24, 2.45) is 0 Å². The Morgan fingerprint density at radius 3 is 2.68 bits per heavy atom. The fraction of sp³-hybridized carbons (Fsp3) is 0.261. The van der Waals surface area contributed by atoms with Crippen LogP contribution in [0.15, 0.2) is 54.9 Å². The molecule has 176 valence electrons. The van der Waals surface area contributed by atoms with Gasteiger partial charge in [-0.1, -0.05) is 18.2 Å². The average molecular weight is 463 g/mol. The molecule has 0 spiro atoms. The number of anilines is 3. The van der Waals surface area contributed by atoms with Crippen molar-refractivity contribution in [3.8, 4) is 11.6 Å². The molecule has 2 heterocycles. The first-order chi connectivity index (χ1) is 16.4. The van der Waals surface area contributed by atoms with Crippen LogP contribution in [-0.2, 0) is 0 Å². The third kappa shape index (κ3) is 4.74. The Balaban J connectivity index is 1.68. The fourth-order valence-electron chi connectivity index (χ4n) is 3.55. The standard InChI is InChI=1S/C23H26N8O3/c1-28(2)11-12-29(3)19-14-21(34-4)17(13-20(19)31(32)33)26-23-24-10-9-22(27-23)30-18-8-6-5-7-16(18)15-25-30/h5-10,13-15H,11-12H2,1-4H3,(H,24,26,27). The summed E-state index contributed by atoms with van der Waals surface area (Å²) in [5, 5.41) is 20.3. The first kappa shape index (κ1) is 22.9. The van der Waals surface area contributed by atoms with Gasteiger partial charge in [0.25, 0.3) is 5.69 Å². The Morgan fingerprint density at radius 2 is 1.94 bits per heavy atom. The number of hydrogen-bond donors (Lipinski definition) is 1. The zero-order valence-corrected chi connectivity index (χ0v) is 19.5. The van der Waals surface area contributed by atoms with Crippen molar-refractivity contribution in [2.45, 2.75) is 0 Å². The number of nitro groups is 1. The second kappa shape index (κ2) is 9.71. The molecule has 0 unspecified atom stereocenters. The number of aromatic nitrogens is 4. The molecule has 2 aromatic carbocycles. The van der Waals surface area contributed by atoms with Gasteiger partial charge in [-0.05, 0) is 20.2 Å².